The van der Waals surface area contributed by atoms with Gasteiger partial charge in [0.25, 0.3) is 0 Å². The summed E-state index contributed by atoms with van der Waals surface area (Å²) in [6.07, 6.45) is -1.42. The predicted molar refractivity (Wildman–Crippen MR) is 64.6 cm³/mol. The van der Waals surface area contributed by atoms with Crippen LogP contribution in [0.5, 0.6) is 0 Å². The number of aliphatic hydroxyl groups excluding tert-OH is 1. The quantitative estimate of drug-likeness (QED) is 0.679. The summed E-state index contributed by atoms with van der Waals surface area (Å²) >= 11 is 0. The smallest absolute Gasteiger partial charge is 0.324 e. The lowest BCUT2D eigenvalue weighted by atomic mass is 10.2. The highest BCUT2D eigenvalue weighted by Gasteiger charge is 2.30. The molecule has 2 atom stereocenters. The van der Waals surface area contributed by atoms with Gasteiger partial charge in [-0.3, -0.25) is 4.79 Å². The van der Waals surface area contributed by atoms with Crippen molar-refractivity contribution in [3.05, 3.63) is 29.8 Å². The van der Waals surface area contributed by atoms with Crippen molar-refractivity contribution in [3.8, 4) is 6.07 Å². The van der Waals surface area contributed by atoms with Crippen LogP contribution in [-0.2, 0) is 14.8 Å². The van der Waals surface area contributed by atoms with Gasteiger partial charge < -0.3 is 10.2 Å². The average Bonchev–Trinajstić information content (AvgIpc) is 2.35. The summed E-state index contributed by atoms with van der Waals surface area (Å²) in [5.41, 5.74) is -0.107. The second kappa shape index (κ2) is 5.79. The van der Waals surface area contributed by atoms with E-state index >= 15 is 0 Å². The number of hydrogen-bond acceptors (Lipinski definition) is 5. The lowest BCUT2D eigenvalue weighted by Crippen LogP contribution is -2.47. The van der Waals surface area contributed by atoms with Gasteiger partial charge in [0.2, 0.25) is 10.0 Å². The van der Waals surface area contributed by atoms with E-state index in [1.54, 1.807) is 6.07 Å². The van der Waals surface area contributed by atoms with Crippen molar-refractivity contribution < 1.29 is 23.4 Å². The minimum atomic E-state index is -4.21. The number of sulfonamides is 1. The first-order valence-electron chi connectivity index (χ1n) is 5.22. The van der Waals surface area contributed by atoms with Gasteiger partial charge in [-0.05, 0) is 19.1 Å². The molecule has 1 aromatic rings. The van der Waals surface area contributed by atoms with Crippen LogP contribution in [0.25, 0.3) is 0 Å². The van der Waals surface area contributed by atoms with Gasteiger partial charge >= 0.3 is 5.97 Å². The molecule has 0 saturated heterocycles. The molecule has 0 bridgehead atoms. The van der Waals surface area contributed by atoms with E-state index in [-0.39, 0.29) is 10.5 Å². The molecular formula is C11H12N2O5S. The fraction of sp³-hybridized carbons (Fsp3) is 0.273. The Hall–Kier alpha value is -1.95. The number of nitrogens with zero attached hydrogens (tertiary/aromatic N) is 1. The summed E-state index contributed by atoms with van der Waals surface area (Å²) in [7, 11) is -4.21. The number of aliphatic hydroxyl groups is 1. The van der Waals surface area contributed by atoms with Crippen molar-refractivity contribution in [2.24, 2.45) is 0 Å². The monoisotopic (exact) mass is 284 g/mol. The maximum absolute atomic E-state index is 12.0. The first-order chi connectivity index (χ1) is 8.79. The Morgan fingerprint density at radius 2 is 2.00 bits per heavy atom. The number of aliphatic carboxylic acids is 1. The molecule has 0 aliphatic carbocycles. The van der Waals surface area contributed by atoms with Gasteiger partial charge in [-0.2, -0.15) is 9.98 Å². The van der Waals surface area contributed by atoms with Crippen molar-refractivity contribution >= 4 is 16.0 Å². The van der Waals surface area contributed by atoms with Crippen LogP contribution in [-0.4, -0.2) is 36.7 Å². The molecule has 0 aromatic heterocycles. The number of rotatable bonds is 5. The standard InChI is InChI=1S/C11H12N2O5S/c1-7(14)10(11(15)16)13-19(17,18)9-5-3-2-4-8(9)6-12/h2-5,7,10,13-14H,1H3,(H,15,16)/t7-,10+/m1/s1. The third kappa shape index (κ3) is 3.51. The van der Waals surface area contributed by atoms with E-state index in [0.717, 1.165) is 6.92 Å². The topological polar surface area (TPSA) is 127 Å². The first-order valence-corrected chi connectivity index (χ1v) is 6.70. The third-order valence-corrected chi connectivity index (χ3v) is 3.83. The molecule has 0 amide bonds. The van der Waals surface area contributed by atoms with Crippen LogP contribution in [0.1, 0.15) is 12.5 Å². The molecule has 0 unspecified atom stereocenters. The SMILES string of the molecule is C[C@@H](O)[C@H](NS(=O)(=O)c1ccccc1C#N)C(=O)O. The minimum Gasteiger partial charge on any atom is -0.480 e. The highest BCUT2D eigenvalue weighted by atomic mass is 32.2. The largest absolute Gasteiger partial charge is 0.480 e. The van der Waals surface area contributed by atoms with Crippen molar-refractivity contribution in [2.45, 2.75) is 24.0 Å². The Labute approximate surface area is 110 Å². The summed E-state index contributed by atoms with van der Waals surface area (Å²) in [6, 6.07) is 5.40. The highest BCUT2D eigenvalue weighted by Crippen LogP contribution is 2.15. The molecule has 7 nitrogen and oxygen atoms in total. The molecule has 0 radical (unpaired) electrons. The van der Waals surface area contributed by atoms with E-state index in [9.17, 15) is 18.3 Å². The number of carboxylic acids is 1. The molecular weight excluding hydrogens is 272 g/mol. The Balaban J connectivity index is 3.19. The number of benzene rings is 1. The number of hydrogen-bond donors (Lipinski definition) is 3. The summed E-state index contributed by atoms with van der Waals surface area (Å²) in [4.78, 5) is 10.5. The molecule has 0 aliphatic rings. The van der Waals surface area contributed by atoms with Crippen LogP contribution in [0.2, 0.25) is 0 Å². The molecule has 0 saturated carbocycles. The van der Waals surface area contributed by atoms with Crippen molar-refractivity contribution in [2.75, 3.05) is 0 Å². The number of carbonyl (C=O) groups is 1. The lowest BCUT2D eigenvalue weighted by Gasteiger charge is -2.17. The average molecular weight is 284 g/mol. The van der Waals surface area contributed by atoms with Crippen LogP contribution >= 0.6 is 0 Å². The van der Waals surface area contributed by atoms with E-state index in [1.165, 1.54) is 24.3 Å². The van der Waals surface area contributed by atoms with Gasteiger partial charge in [0, 0.05) is 0 Å². The molecule has 0 heterocycles. The summed E-state index contributed by atoms with van der Waals surface area (Å²) in [5, 5.41) is 26.9. The Morgan fingerprint density at radius 1 is 1.42 bits per heavy atom. The summed E-state index contributed by atoms with van der Waals surface area (Å²) < 4.78 is 25.8. The molecule has 0 aliphatic heterocycles. The zero-order chi connectivity index (χ0) is 14.6. The van der Waals surface area contributed by atoms with Crippen LogP contribution in [0.4, 0.5) is 0 Å². The van der Waals surface area contributed by atoms with Crippen molar-refractivity contribution in [1.29, 1.82) is 5.26 Å². The molecule has 1 aromatic carbocycles. The van der Waals surface area contributed by atoms with Gasteiger partial charge in [-0.1, -0.05) is 12.1 Å². The zero-order valence-electron chi connectivity index (χ0n) is 9.94. The Bertz CT molecular complexity index is 618. The van der Waals surface area contributed by atoms with Gasteiger partial charge in [-0.15, -0.1) is 0 Å². The molecule has 3 N–H and O–H groups in total. The van der Waals surface area contributed by atoms with Crippen LogP contribution in [0, 0.1) is 11.3 Å². The maximum atomic E-state index is 12.0. The van der Waals surface area contributed by atoms with Crippen molar-refractivity contribution in [1.82, 2.24) is 4.72 Å². The van der Waals surface area contributed by atoms with Gasteiger partial charge in [0.05, 0.1) is 16.6 Å². The molecule has 0 spiro atoms. The minimum absolute atomic E-state index is 0.107. The van der Waals surface area contributed by atoms with Crippen LogP contribution in [0.3, 0.4) is 0 Å². The fourth-order valence-electron chi connectivity index (χ4n) is 1.38. The third-order valence-electron chi connectivity index (χ3n) is 2.33. The predicted octanol–water partition coefficient (Wildman–Crippen LogP) is -0.329. The van der Waals surface area contributed by atoms with Crippen LogP contribution < -0.4 is 4.72 Å². The lowest BCUT2D eigenvalue weighted by molar-refractivity contribution is -0.141. The normalized spacial score (nSPS) is 14.4. The molecule has 0 fully saturated rings. The summed E-state index contributed by atoms with van der Waals surface area (Å²) in [6.45, 7) is 1.15. The number of nitriles is 1. The van der Waals surface area contributed by atoms with E-state index in [4.69, 9.17) is 10.4 Å². The van der Waals surface area contributed by atoms with Gasteiger partial charge in [-0.25, -0.2) is 8.42 Å². The molecule has 8 heteroatoms. The van der Waals surface area contributed by atoms with Gasteiger partial charge in [0.15, 0.2) is 0 Å². The maximum Gasteiger partial charge on any atom is 0.324 e. The van der Waals surface area contributed by atoms with Gasteiger partial charge in [0.1, 0.15) is 12.1 Å². The van der Waals surface area contributed by atoms with E-state index < -0.39 is 28.1 Å². The highest BCUT2D eigenvalue weighted by molar-refractivity contribution is 7.89. The Kier molecular flexibility index (Phi) is 4.61. The zero-order valence-corrected chi connectivity index (χ0v) is 10.8. The first kappa shape index (κ1) is 15.1. The second-order valence-electron chi connectivity index (χ2n) is 3.79. The van der Waals surface area contributed by atoms with E-state index in [0.29, 0.717) is 0 Å². The van der Waals surface area contributed by atoms with Crippen LogP contribution in [0.15, 0.2) is 29.2 Å². The molecule has 19 heavy (non-hydrogen) atoms. The number of nitrogens with one attached hydrogen (secondary N) is 1. The summed E-state index contributed by atoms with van der Waals surface area (Å²) in [5.74, 6) is -1.51. The fourth-order valence-corrected chi connectivity index (χ4v) is 2.80. The molecule has 102 valence electrons. The molecule has 1 rings (SSSR count). The Morgan fingerprint density at radius 3 is 2.47 bits per heavy atom. The van der Waals surface area contributed by atoms with E-state index in [1.807, 2.05) is 4.72 Å². The van der Waals surface area contributed by atoms with E-state index in [2.05, 4.69) is 0 Å². The number of carboxylic acid groups (broad SMARTS) is 1. The van der Waals surface area contributed by atoms with Crippen molar-refractivity contribution in [3.63, 3.8) is 0 Å². The second-order valence-corrected chi connectivity index (χ2v) is 5.47.